The topological polar surface area (TPSA) is 52.6 Å². The number of carbonyl (C=O) groups excluding carboxylic acids is 1. The lowest BCUT2D eigenvalue weighted by Gasteiger charge is -2.25. The monoisotopic (exact) mass is 416 g/mol. The minimum atomic E-state index is -0.0432. The molecule has 0 aliphatic rings. The zero-order valence-electron chi connectivity index (χ0n) is 19.1. The first-order valence-electron chi connectivity index (χ1n) is 10.7. The van der Waals surface area contributed by atoms with Crippen molar-refractivity contribution in [3.05, 3.63) is 93.5 Å². The van der Waals surface area contributed by atoms with Gasteiger partial charge in [-0.25, -0.2) is 0 Å². The van der Waals surface area contributed by atoms with Crippen molar-refractivity contribution < 1.29 is 9.90 Å². The van der Waals surface area contributed by atoms with Gasteiger partial charge in [0.25, 0.3) is 5.91 Å². The Morgan fingerprint density at radius 2 is 1.45 bits per heavy atom. The number of hydrogen-bond acceptors (Lipinski definition) is 3. The summed E-state index contributed by atoms with van der Waals surface area (Å²) in [6, 6.07) is 17.5. The van der Waals surface area contributed by atoms with Crippen LogP contribution in [0.3, 0.4) is 0 Å². The summed E-state index contributed by atoms with van der Waals surface area (Å²) in [4.78, 5) is 15.1. The third-order valence-electron chi connectivity index (χ3n) is 5.55. The molecule has 0 saturated heterocycles. The zero-order chi connectivity index (χ0) is 22.5. The van der Waals surface area contributed by atoms with Crippen LogP contribution in [0.5, 0.6) is 5.75 Å². The van der Waals surface area contributed by atoms with Gasteiger partial charge in [-0.15, -0.1) is 0 Å². The highest BCUT2D eigenvalue weighted by Crippen LogP contribution is 2.26. The molecule has 0 heterocycles. The molecule has 0 radical (unpaired) electrons. The number of anilines is 1. The fourth-order valence-corrected chi connectivity index (χ4v) is 4.16. The molecule has 0 bridgehead atoms. The van der Waals surface area contributed by atoms with Crippen LogP contribution in [-0.4, -0.2) is 29.0 Å². The lowest BCUT2D eigenvalue weighted by atomic mass is 10.0. The number of nitrogens with one attached hydrogen (secondary N) is 1. The van der Waals surface area contributed by atoms with Crippen molar-refractivity contribution in [2.24, 2.45) is 0 Å². The number of carbonyl (C=O) groups is 1. The third-order valence-corrected chi connectivity index (χ3v) is 5.55. The van der Waals surface area contributed by atoms with Gasteiger partial charge in [-0.05, 0) is 63.4 Å². The van der Waals surface area contributed by atoms with Crippen molar-refractivity contribution in [1.82, 2.24) is 4.90 Å². The van der Waals surface area contributed by atoms with E-state index in [1.165, 1.54) is 16.7 Å². The smallest absolute Gasteiger partial charge is 0.254 e. The molecule has 0 fully saturated rings. The van der Waals surface area contributed by atoms with E-state index in [0.717, 1.165) is 22.4 Å². The van der Waals surface area contributed by atoms with E-state index in [9.17, 15) is 9.90 Å². The first-order chi connectivity index (χ1) is 14.8. The zero-order valence-corrected chi connectivity index (χ0v) is 19.1. The van der Waals surface area contributed by atoms with Gasteiger partial charge in [-0.3, -0.25) is 4.79 Å². The van der Waals surface area contributed by atoms with Crippen LogP contribution in [0.4, 0.5) is 5.69 Å². The van der Waals surface area contributed by atoms with Crippen LogP contribution in [0.2, 0.25) is 0 Å². The fourth-order valence-electron chi connectivity index (χ4n) is 4.16. The minimum absolute atomic E-state index is 0.0432. The number of phenols is 1. The quantitative estimate of drug-likeness (QED) is 0.520. The minimum Gasteiger partial charge on any atom is -0.507 e. The van der Waals surface area contributed by atoms with E-state index < -0.39 is 0 Å². The molecule has 0 unspecified atom stereocenters. The molecule has 0 aliphatic heterocycles. The molecule has 0 aromatic heterocycles. The Morgan fingerprint density at radius 3 is 2.10 bits per heavy atom. The summed E-state index contributed by atoms with van der Waals surface area (Å²) in [6.07, 6.45) is 0. The maximum absolute atomic E-state index is 13.3. The SMILES string of the molecule is Cc1cc(C)c(NCCN(Cc2cc(C)cc(C)c2O)C(=O)c2ccccc2)c(C)c1. The molecule has 4 nitrogen and oxygen atoms in total. The molecule has 3 aromatic rings. The lowest BCUT2D eigenvalue weighted by Crippen LogP contribution is -2.34. The van der Waals surface area contributed by atoms with E-state index in [0.29, 0.717) is 25.2 Å². The van der Waals surface area contributed by atoms with Gasteiger partial charge in [0.15, 0.2) is 0 Å². The molecule has 0 spiro atoms. The molecule has 4 heteroatoms. The maximum Gasteiger partial charge on any atom is 0.254 e. The van der Waals surface area contributed by atoms with E-state index >= 15 is 0 Å². The Bertz CT molecular complexity index is 1050. The Hall–Kier alpha value is -3.27. The predicted molar refractivity (Wildman–Crippen MR) is 128 cm³/mol. The number of rotatable bonds is 7. The highest BCUT2D eigenvalue weighted by atomic mass is 16.3. The van der Waals surface area contributed by atoms with Crippen molar-refractivity contribution in [2.45, 2.75) is 41.2 Å². The van der Waals surface area contributed by atoms with Crippen molar-refractivity contribution in [3.63, 3.8) is 0 Å². The second-order valence-corrected chi connectivity index (χ2v) is 8.38. The Labute approximate surface area is 185 Å². The number of aromatic hydroxyl groups is 1. The summed E-state index contributed by atoms with van der Waals surface area (Å²) in [5.41, 5.74) is 8.07. The molecular weight excluding hydrogens is 384 g/mol. The Morgan fingerprint density at radius 1 is 0.871 bits per heavy atom. The number of hydrogen-bond donors (Lipinski definition) is 2. The van der Waals surface area contributed by atoms with Gasteiger partial charge in [0.1, 0.15) is 5.75 Å². The maximum atomic E-state index is 13.3. The highest BCUT2D eigenvalue weighted by Gasteiger charge is 2.18. The van der Waals surface area contributed by atoms with Crippen LogP contribution in [0, 0.1) is 34.6 Å². The standard InChI is InChI=1S/C27H32N2O2/c1-18-13-20(3)25(21(4)14-18)28-11-12-29(27(31)23-9-7-6-8-10-23)17-24-16-19(2)15-22(5)26(24)30/h6-10,13-16,28,30H,11-12,17H2,1-5H3. The molecule has 2 N–H and O–H groups in total. The average molecular weight is 417 g/mol. The van der Waals surface area contributed by atoms with Gasteiger partial charge in [-0.1, -0.05) is 53.6 Å². The van der Waals surface area contributed by atoms with E-state index in [1.54, 1.807) is 4.90 Å². The average Bonchev–Trinajstić information content (AvgIpc) is 2.72. The number of amides is 1. The molecule has 1 amide bonds. The first-order valence-corrected chi connectivity index (χ1v) is 10.7. The van der Waals surface area contributed by atoms with Gasteiger partial charge < -0.3 is 15.3 Å². The fraction of sp³-hybridized carbons (Fsp3) is 0.296. The van der Waals surface area contributed by atoms with Crippen LogP contribution in [-0.2, 0) is 6.54 Å². The van der Waals surface area contributed by atoms with Gasteiger partial charge in [-0.2, -0.15) is 0 Å². The van der Waals surface area contributed by atoms with Gasteiger partial charge in [0.05, 0.1) is 0 Å². The van der Waals surface area contributed by atoms with Gasteiger partial charge in [0.2, 0.25) is 0 Å². The van der Waals surface area contributed by atoms with Crippen molar-refractivity contribution in [2.75, 3.05) is 18.4 Å². The van der Waals surface area contributed by atoms with E-state index in [1.807, 2.05) is 56.3 Å². The van der Waals surface area contributed by atoms with Crippen LogP contribution in [0.15, 0.2) is 54.6 Å². The lowest BCUT2D eigenvalue weighted by molar-refractivity contribution is 0.0749. The van der Waals surface area contributed by atoms with Crippen molar-refractivity contribution in [1.29, 1.82) is 0 Å². The van der Waals surface area contributed by atoms with Crippen molar-refractivity contribution in [3.8, 4) is 5.75 Å². The number of aryl methyl sites for hydroxylation is 5. The molecule has 31 heavy (non-hydrogen) atoms. The first kappa shape index (κ1) is 22.4. The van der Waals surface area contributed by atoms with Crippen LogP contribution >= 0.6 is 0 Å². The molecule has 3 rings (SSSR count). The number of nitrogens with zero attached hydrogens (tertiary/aromatic N) is 1. The molecular formula is C27H32N2O2. The number of benzene rings is 3. The number of phenolic OH excluding ortho intramolecular Hbond substituents is 1. The van der Waals surface area contributed by atoms with E-state index in [-0.39, 0.29) is 11.7 Å². The molecule has 3 aromatic carbocycles. The van der Waals surface area contributed by atoms with Crippen LogP contribution < -0.4 is 5.32 Å². The second kappa shape index (κ2) is 9.69. The summed E-state index contributed by atoms with van der Waals surface area (Å²) < 4.78 is 0. The predicted octanol–water partition coefficient (Wildman–Crippen LogP) is 5.69. The highest BCUT2D eigenvalue weighted by molar-refractivity contribution is 5.94. The van der Waals surface area contributed by atoms with Crippen LogP contribution in [0.25, 0.3) is 0 Å². The van der Waals surface area contributed by atoms with Gasteiger partial charge >= 0.3 is 0 Å². The van der Waals surface area contributed by atoms with E-state index in [4.69, 9.17) is 0 Å². The molecule has 162 valence electrons. The summed E-state index contributed by atoms with van der Waals surface area (Å²) in [7, 11) is 0. The summed E-state index contributed by atoms with van der Waals surface area (Å²) in [5.74, 6) is 0.216. The second-order valence-electron chi connectivity index (χ2n) is 8.38. The summed E-state index contributed by atoms with van der Waals surface area (Å²) in [6.45, 7) is 11.7. The van der Waals surface area contributed by atoms with Crippen molar-refractivity contribution >= 4 is 11.6 Å². The molecule has 0 atom stereocenters. The largest absolute Gasteiger partial charge is 0.507 e. The Balaban J connectivity index is 1.82. The van der Waals surface area contributed by atoms with Crippen LogP contribution in [0.1, 0.15) is 43.7 Å². The Kier molecular flexibility index (Phi) is 7.01. The van der Waals surface area contributed by atoms with Gasteiger partial charge in [0, 0.05) is 36.4 Å². The third kappa shape index (κ3) is 5.46. The summed E-state index contributed by atoms with van der Waals surface area (Å²) in [5, 5.41) is 14.1. The van der Waals surface area contributed by atoms with E-state index in [2.05, 4.69) is 38.2 Å². The normalized spacial score (nSPS) is 10.7. The molecule has 0 saturated carbocycles. The summed E-state index contributed by atoms with van der Waals surface area (Å²) >= 11 is 0. The molecule has 0 aliphatic carbocycles.